The number of para-hydroxylation sites is 1. The number of halogens is 1. The zero-order valence-electron chi connectivity index (χ0n) is 15.3. The summed E-state index contributed by atoms with van der Waals surface area (Å²) >= 11 is 3.44. The maximum absolute atomic E-state index is 12.8. The van der Waals surface area contributed by atoms with Gasteiger partial charge in [0.2, 0.25) is 5.91 Å². The molecule has 0 aromatic heterocycles. The lowest BCUT2D eigenvalue weighted by molar-refractivity contribution is -0.118. The van der Waals surface area contributed by atoms with E-state index in [-0.39, 0.29) is 18.9 Å². The van der Waals surface area contributed by atoms with Crippen LogP contribution in [0.5, 0.6) is 5.75 Å². The number of rotatable bonds is 6. The molecule has 1 aliphatic heterocycles. The number of amides is 1. The van der Waals surface area contributed by atoms with Gasteiger partial charge in [-0.15, -0.1) is 0 Å². The number of nitrogens with zero attached hydrogens (tertiary/aromatic N) is 1. The Kier molecular flexibility index (Phi) is 6.49. The topological polar surface area (TPSA) is 81.9 Å². The van der Waals surface area contributed by atoms with Crippen molar-refractivity contribution < 1.29 is 19.1 Å². The summed E-state index contributed by atoms with van der Waals surface area (Å²) in [7, 11) is 0. The van der Waals surface area contributed by atoms with E-state index < -0.39 is 12.2 Å². The predicted molar refractivity (Wildman–Crippen MR) is 110 cm³/mol. The highest BCUT2D eigenvalue weighted by Gasteiger charge is 2.26. The molecule has 146 valence electrons. The van der Waals surface area contributed by atoms with Crippen molar-refractivity contribution in [3.8, 4) is 5.75 Å². The Morgan fingerprint density at radius 3 is 2.82 bits per heavy atom. The van der Waals surface area contributed by atoms with Crippen LogP contribution in [0.15, 0.2) is 59.6 Å². The highest BCUT2D eigenvalue weighted by Crippen LogP contribution is 2.32. The number of carbonyl (C=O) groups is 2. The van der Waals surface area contributed by atoms with Crippen molar-refractivity contribution in [2.45, 2.75) is 18.9 Å². The van der Waals surface area contributed by atoms with Gasteiger partial charge in [0.05, 0.1) is 0 Å². The van der Waals surface area contributed by atoms with E-state index in [0.717, 1.165) is 17.7 Å². The van der Waals surface area contributed by atoms with E-state index >= 15 is 0 Å². The Balaban J connectivity index is 1.64. The fourth-order valence-electron chi connectivity index (χ4n) is 3.13. The van der Waals surface area contributed by atoms with Gasteiger partial charge in [0.1, 0.15) is 12.4 Å². The van der Waals surface area contributed by atoms with Crippen molar-refractivity contribution in [3.63, 3.8) is 0 Å². The number of hydrogen-bond donors (Lipinski definition) is 1. The number of ether oxygens (including phenoxy) is 2. The van der Waals surface area contributed by atoms with Crippen LogP contribution in [-0.4, -0.2) is 25.2 Å². The molecule has 7 heteroatoms. The van der Waals surface area contributed by atoms with Gasteiger partial charge in [-0.2, -0.15) is 0 Å². The van der Waals surface area contributed by atoms with E-state index in [0.29, 0.717) is 16.8 Å². The number of anilines is 1. The predicted octanol–water partition coefficient (Wildman–Crippen LogP) is 4.13. The molecule has 0 spiro atoms. The molecule has 2 N–H and O–H groups in total. The SMILES string of the molecule is C=CCOC(=O)Oc1ccc(C(N)CC(=O)N2CCc3ccccc32)c(Br)c1. The lowest BCUT2D eigenvalue weighted by atomic mass is 10.0. The second-order valence-electron chi connectivity index (χ2n) is 6.37. The minimum atomic E-state index is -0.813. The van der Waals surface area contributed by atoms with Crippen molar-refractivity contribution in [3.05, 3.63) is 70.7 Å². The molecule has 3 rings (SSSR count). The number of carbonyl (C=O) groups excluding carboxylic acids is 2. The molecule has 1 unspecified atom stereocenters. The van der Waals surface area contributed by atoms with Crippen LogP contribution in [-0.2, 0) is 16.0 Å². The van der Waals surface area contributed by atoms with Crippen LogP contribution < -0.4 is 15.4 Å². The number of benzene rings is 2. The maximum atomic E-state index is 12.8. The molecule has 0 saturated heterocycles. The monoisotopic (exact) mass is 444 g/mol. The van der Waals surface area contributed by atoms with Crippen molar-refractivity contribution in [1.29, 1.82) is 0 Å². The summed E-state index contributed by atoms with van der Waals surface area (Å²) in [6, 6.07) is 12.4. The van der Waals surface area contributed by atoms with Gasteiger partial charge in [0.15, 0.2) is 0 Å². The Labute approximate surface area is 172 Å². The molecular weight excluding hydrogens is 424 g/mol. The van der Waals surface area contributed by atoms with Gasteiger partial charge in [0, 0.05) is 29.2 Å². The van der Waals surface area contributed by atoms with E-state index in [1.807, 2.05) is 24.3 Å². The molecule has 1 amide bonds. The van der Waals surface area contributed by atoms with Crippen molar-refractivity contribution in [1.82, 2.24) is 0 Å². The van der Waals surface area contributed by atoms with Gasteiger partial charge >= 0.3 is 6.16 Å². The summed E-state index contributed by atoms with van der Waals surface area (Å²) in [4.78, 5) is 26.1. The fourth-order valence-corrected chi connectivity index (χ4v) is 3.78. The van der Waals surface area contributed by atoms with Crippen LogP contribution in [0.2, 0.25) is 0 Å². The van der Waals surface area contributed by atoms with Crippen molar-refractivity contribution in [2.24, 2.45) is 5.73 Å². The quantitative estimate of drug-likeness (QED) is 0.411. The third-order valence-electron chi connectivity index (χ3n) is 4.47. The smallest absolute Gasteiger partial charge is 0.430 e. The largest absolute Gasteiger partial charge is 0.514 e. The Morgan fingerprint density at radius 2 is 2.07 bits per heavy atom. The zero-order valence-corrected chi connectivity index (χ0v) is 16.9. The average molecular weight is 445 g/mol. The standard InChI is InChI=1S/C21H21BrN2O4/c1-2-11-27-21(26)28-15-7-8-16(17(22)12-15)18(23)13-20(25)24-10-9-14-5-3-4-6-19(14)24/h2-8,12,18H,1,9-11,13,23H2. The van der Waals surface area contributed by atoms with Gasteiger partial charge in [-0.1, -0.05) is 52.9 Å². The molecule has 1 atom stereocenters. The Morgan fingerprint density at radius 1 is 1.29 bits per heavy atom. The van der Waals surface area contributed by atoms with Gasteiger partial charge in [0.25, 0.3) is 0 Å². The van der Waals surface area contributed by atoms with E-state index in [1.165, 1.54) is 11.6 Å². The minimum Gasteiger partial charge on any atom is -0.430 e. The average Bonchev–Trinajstić information content (AvgIpc) is 3.10. The first kappa shape index (κ1) is 20.1. The molecule has 1 aliphatic rings. The van der Waals surface area contributed by atoms with Crippen LogP contribution in [0, 0.1) is 0 Å². The highest BCUT2D eigenvalue weighted by atomic mass is 79.9. The summed E-state index contributed by atoms with van der Waals surface area (Å²) in [6.07, 6.45) is 1.67. The molecule has 1 heterocycles. The highest BCUT2D eigenvalue weighted by molar-refractivity contribution is 9.10. The molecule has 0 radical (unpaired) electrons. The normalized spacial score (nSPS) is 13.6. The molecule has 2 aromatic rings. The summed E-state index contributed by atoms with van der Waals surface area (Å²) in [5, 5.41) is 0. The summed E-state index contributed by atoms with van der Waals surface area (Å²) in [6.45, 7) is 4.21. The van der Waals surface area contributed by atoms with Gasteiger partial charge in [-0.05, 0) is 35.7 Å². The summed E-state index contributed by atoms with van der Waals surface area (Å²) in [5.74, 6) is 0.300. The number of hydrogen-bond acceptors (Lipinski definition) is 5. The van der Waals surface area contributed by atoms with Gasteiger partial charge in [-0.25, -0.2) is 4.79 Å². The maximum Gasteiger partial charge on any atom is 0.514 e. The second-order valence-corrected chi connectivity index (χ2v) is 7.22. The fraction of sp³-hybridized carbons (Fsp3) is 0.238. The molecular formula is C21H21BrN2O4. The van der Waals surface area contributed by atoms with Crippen LogP contribution in [0.4, 0.5) is 10.5 Å². The van der Waals surface area contributed by atoms with Crippen LogP contribution in [0.25, 0.3) is 0 Å². The number of nitrogens with two attached hydrogens (primary N) is 1. The van der Waals surface area contributed by atoms with Crippen LogP contribution in [0.3, 0.4) is 0 Å². The van der Waals surface area contributed by atoms with E-state index in [1.54, 1.807) is 23.1 Å². The molecule has 28 heavy (non-hydrogen) atoms. The van der Waals surface area contributed by atoms with E-state index in [9.17, 15) is 9.59 Å². The third-order valence-corrected chi connectivity index (χ3v) is 5.16. The van der Waals surface area contributed by atoms with Crippen molar-refractivity contribution >= 4 is 33.7 Å². The first-order valence-electron chi connectivity index (χ1n) is 8.88. The molecule has 0 saturated carbocycles. The molecule has 2 aromatic carbocycles. The Bertz CT molecular complexity index is 900. The Hall–Kier alpha value is -2.64. The summed E-state index contributed by atoms with van der Waals surface area (Å²) < 4.78 is 10.5. The van der Waals surface area contributed by atoms with Crippen molar-refractivity contribution in [2.75, 3.05) is 18.1 Å². The zero-order chi connectivity index (χ0) is 20.1. The minimum absolute atomic E-state index is 0.0160. The van der Waals surface area contributed by atoms with Gasteiger partial charge in [-0.3, -0.25) is 4.79 Å². The first-order valence-corrected chi connectivity index (χ1v) is 9.67. The van der Waals surface area contributed by atoms with Gasteiger partial charge < -0.3 is 20.1 Å². The lowest BCUT2D eigenvalue weighted by Gasteiger charge is -2.21. The second kappa shape index (κ2) is 9.03. The molecule has 6 nitrogen and oxygen atoms in total. The lowest BCUT2D eigenvalue weighted by Crippen LogP contribution is -2.31. The molecule has 0 fully saturated rings. The summed E-state index contributed by atoms with van der Waals surface area (Å²) in [5.41, 5.74) is 9.17. The first-order chi connectivity index (χ1) is 13.5. The van der Waals surface area contributed by atoms with Crippen LogP contribution >= 0.6 is 15.9 Å². The van der Waals surface area contributed by atoms with E-state index in [2.05, 4.69) is 22.5 Å². The molecule has 0 aliphatic carbocycles. The number of fused-ring (bicyclic) bond motifs is 1. The molecule has 0 bridgehead atoms. The van der Waals surface area contributed by atoms with E-state index in [4.69, 9.17) is 15.2 Å². The third kappa shape index (κ3) is 4.61. The van der Waals surface area contributed by atoms with Crippen LogP contribution in [0.1, 0.15) is 23.6 Å².